The van der Waals surface area contributed by atoms with Gasteiger partial charge in [0.2, 0.25) is 0 Å². The molecule has 6 heteroatoms. The van der Waals surface area contributed by atoms with E-state index in [-0.39, 0.29) is 5.91 Å². The second-order valence-electron chi connectivity index (χ2n) is 6.80. The average Bonchev–Trinajstić information content (AvgIpc) is 2.62. The van der Waals surface area contributed by atoms with Crippen LogP contribution in [0.4, 0.5) is 11.6 Å². The number of hydrogen-bond acceptors (Lipinski definition) is 4. The van der Waals surface area contributed by atoms with Crippen molar-refractivity contribution in [3.63, 3.8) is 0 Å². The van der Waals surface area contributed by atoms with Gasteiger partial charge in [-0.3, -0.25) is 4.79 Å². The van der Waals surface area contributed by atoms with Crippen LogP contribution in [0.1, 0.15) is 23.2 Å². The molecule has 1 fully saturated rings. The van der Waals surface area contributed by atoms with E-state index in [0.717, 1.165) is 37.2 Å². The van der Waals surface area contributed by atoms with Gasteiger partial charge in [0.1, 0.15) is 19.5 Å². The molecule has 0 saturated carbocycles. The highest BCUT2D eigenvalue weighted by Crippen LogP contribution is 2.21. The number of benzene rings is 1. The number of pyridine rings is 1. The molecule has 2 heterocycles. The Balaban J connectivity index is 1.71. The van der Waals surface area contributed by atoms with Crippen LogP contribution in [0.3, 0.4) is 0 Å². The minimum atomic E-state index is -0.121. The molecule has 5 nitrogen and oxygen atoms in total. The zero-order valence-corrected chi connectivity index (χ0v) is 15.2. The maximum Gasteiger partial charge on any atom is 0.256 e. The summed E-state index contributed by atoms with van der Waals surface area (Å²) in [4.78, 5) is 21.7. The number of anilines is 2. The topological polar surface area (TPSA) is 48.5 Å². The molecule has 3 rings (SSSR count). The number of aromatic nitrogens is 1. The van der Waals surface area contributed by atoms with Crippen molar-refractivity contribution in [3.05, 3.63) is 48.0 Å². The number of rotatable bonds is 4. The lowest BCUT2D eigenvalue weighted by molar-refractivity contribution is 0.102. The Morgan fingerprint density at radius 1 is 1.20 bits per heavy atom. The standard InChI is InChI=1S/C19H25BN4O/c1-23-12-10-14(11-13-23)24(2)18-9-5-8-17(21-18)22-19(25)15-6-3-4-7-16(15)20/h3-9,14H,10-13,20H2,1-2H3,(H,21,22,25). The van der Waals surface area contributed by atoms with Crippen molar-refractivity contribution in [2.75, 3.05) is 37.4 Å². The van der Waals surface area contributed by atoms with Crippen molar-refractivity contribution in [3.8, 4) is 0 Å². The van der Waals surface area contributed by atoms with Gasteiger partial charge in [0.15, 0.2) is 0 Å². The van der Waals surface area contributed by atoms with Crippen molar-refractivity contribution in [1.29, 1.82) is 0 Å². The molecular formula is C19H25BN4O. The smallest absolute Gasteiger partial charge is 0.256 e. The van der Waals surface area contributed by atoms with Crippen LogP contribution in [0.2, 0.25) is 0 Å². The van der Waals surface area contributed by atoms with E-state index in [9.17, 15) is 4.79 Å². The molecule has 1 aliphatic rings. The fraction of sp³-hybridized carbons (Fsp3) is 0.368. The predicted octanol–water partition coefficient (Wildman–Crippen LogP) is 1.12. The largest absolute Gasteiger partial charge is 0.357 e. The van der Waals surface area contributed by atoms with Crippen LogP contribution >= 0.6 is 0 Å². The first-order valence-corrected chi connectivity index (χ1v) is 8.80. The van der Waals surface area contributed by atoms with Gasteiger partial charge < -0.3 is 15.1 Å². The first kappa shape index (κ1) is 17.5. The number of nitrogens with zero attached hydrogens (tertiary/aromatic N) is 3. The molecule has 1 saturated heterocycles. The van der Waals surface area contributed by atoms with Crippen molar-refractivity contribution < 1.29 is 4.79 Å². The maximum absolute atomic E-state index is 12.5. The summed E-state index contributed by atoms with van der Waals surface area (Å²) in [5, 5.41) is 2.92. The fourth-order valence-electron chi connectivity index (χ4n) is 3.27. The van der Waals surface area contributed by atoms with Gasteiger partial charge in [0, 0.05) is 18.7 Å². The molecule has 0 radical (unpaired) electrons. The third-order valence-electron chi connectivity index (χ3n) is 4.96. The Labute approximate surface area is 150 Å². The zero-order chi connectivity index (χ0) is 17.8. The van der Waals surface area contributed by atoms with Gasteiger partial charge >= 0.3 is 0 Å². The van der Waals surface area contributed by atoms with Gasteiger partial charge in [0.25, 0.3) is 5.91 Å². The lowest BCUT2D eigenvalue weighted by atomic mass is 9.90. The summed E-state index contributed by atoms with van der Waals surface area (Å²) in [6, 6.07) is 13.9. The van der Waals surface area contributed by atoms with E-state index in [0.29, 0.717) is 17.4 Å². The number of carbonyl (C=O) groups excluding carboxylic acids is 1. The van der Waals surface area contributed by atoms with E-state index in [2.05, 4.69) is 34.2 Å². The van der Waals surface area contributed by atoms with Crippen molar-refractivity contribution in [2.24, 2.45) is 0 Å². The third-order valence-corrected chi connectivity index (χ3v) is 4.96. The van der Waals surface area contributed by atoms with Gasteiger partial charge in [-0.15, -0.1) is 0 Å². The van der Waals surface area contributed by atoms with Gasteiger partial charge in [-0.25, -0.2) is 4.98 Å². The molecule has 0 aliphatic carbocycles. The molecule has 0 atom stereocenters. The summed E-state index contributed by atoms with van der Waals surface area (Å²) in [5.41, 5.74) is 1.64. The Bertz CT molecular complexity index is 744. The van der Waals surface area contributed by atoms with Crippen LogP contribution in [0, 0.1) is 0 Å². The quantitative estimate of drug-likeness (QED) is 0.851. The molecule has 2 aromatic rings. The Kier molecular flexibility index (Phi) is 5.39. The van der Waals surface area contributed by atoms with Crippen LogP contribution in [0.25, 0.3) is 0 Å². The van der Waals surface area contributed by atoms with E-state index < -0.39 is 0 Å². The lowest BCUT2D eigenvalue weighted by Gasteiger charge is -2.35. The predicted molar refractivity (Wildman–Crippen MR) is 106 cm³/mol. The molecule has 0 bridgehead atoms. The summed E-state index contributed by atoms with van der Waals surface area (Å²) in [7, 11) is 6.19. The summed E-state index contributed by atoms with van der Waals surface area (Å²) < 4.78 is 0. The summed E-state index contributed by atoms with van der Waals surface area (Å²) in [6.07, 6.45) is 2.27. The molecule has 130 valence electrons. The molecule has 1 aromatic carbocycles. The number of likely N-dealkylation sites (tertiary alicyclic amines) is 1. The molecule has 1 amide bonds. The second-order valence-corrected chi connectivity index (χ2v) is 6.80. The van der Waals surface area contributed by atoms with E-state index in [1.165, 1.54) is 0 Å². The van der Waals surface area contributed by atoms with Crippen LogP contribution in [-0.4, -0.2) is 56.9 Å². The fourth-order valence-corrected chi connectivity index (χ4v) is 3.27. The maximum atomic E-state index is 12.5. The highest BCUT2D eigenvalue weighted by molar-refractivity contribution is 6.37. The number of amides is 1. The van der Waals surface area contributed by atoms with Crippen molar-refractivity contribution in [2.45, 2.75) is 18.9 Å². The number of nitrogens with one attached hydrogen (secondary N) is 1. The molecule has 0 unspecified atom stereocenters. The van der Waals surface area contributed by atoms with E-state index in [4.69, 9.17) is 0 Å². The van der Waals surface area contributed by atoms with Crippen LogP contribution in [0.5, 0.6) is 0 Å². The first-order valence-electron chi connectivity index (χ1n) is 8.80. The summed E-state index contributed by atoms with van der Waals surface area (Å²) >= 11 is 0. The SMILES string of the molecule is Bc1ccccc1C(=O)Nc1cccc(N(C)C2CCN(C)CC2)n1. The Morgan fingerprint density at radius 3 is 2.64 bits per heavy atom. The second kappa shape index (κ2) is 7.70. The summed E-state index contributed by atoms with van der Waals surface area (Å²) in [5.74, 6) is 1.37. The molecule has 25 heavy (non-hydrogen) atoms. The molecule has 1 aromatic heterocycles. The Hall–Kier alpha value is -2.34. The van der Waals surface area contributed by atoms with Gasteiger partial charge in [-0.05, 0) is 45.1 Å². The van der Waals surface area contributed by atoms with Crippen LogP contribution < -0.4 is 15.7 Å². The van der Waals surface area contributed by atoms with Crippen LogP contribution in [-0.2, 0) is 0 Å². The highest BCUT2D eigenvalue weighted by Gasteiger charge is 2.21. The average molecular weight is 336 g/mol. The van der Waals surface area contributed by atoms with E-state index in [1.807, 2.05) is 50.3 Å². The normalized spacial score (nSPS) is 15.8. The minimum Gasteiger partial charge on any atom is -0.357 e. The Morgan fingerprint density at radius 2 is 1.92 bits per heavy atom. The zero-order valence-electron chi connectivity index (χ0n) is 15.2. The number of hydrogen-bond donors (Lipinski definition) is 1. The molecule has 1 aliphatic heterocycles. The molecule has 0 spiro atoms. The number of piperidine rings is 1. The molecular weight excluding hydrogens is 311 g/mol. The van der Waals surface area contributed by atoms with Gasteiger partial charge in [-0.1, -0.05) is 35.8 Å². The van der Waals surface area contributed by atoms with Crippen molar-refractivity contribution >= 4 is 30.9 Å². The number of carbonyl (C=O) groups is 1. The monoisotopic (exact) mass is 336 g/mol. The van der Waals surface area contributed by atoms with Gasteiger partial charge in [0.05, 0.1) is 0 Å². The molecule has 1 N–H and O–H groups in total. The minimum absolute atomic E-state index is 0.121. The van der Waals surface area contributed by atoms with Crippen LogP contribution in [0.15, 0.2) is 42.5 Å². The third kappa shape index (κ3) is 4.20. The highest BCUT2D eigenvalue weighted by atomic mass is 16.1. The summed E-state index contributed by atoms with van der Waals surface area (Å²) in [6.45, 7) is 2.22. The van der Waals surface area contributed by atoms with Crippen molar-refractivity contribution in [1.82, 2.24) is 9.88 Å². The van der Waals surface area contributed by atoms with E-state index in [1.54, 1.807) is 0 Å². The lowest BCUT2D eigenvalue weighted by Crippen LogP contribution is -2.42. The first-order chi connectivity index (χ1) is 12.0. The van der Waals surface area contributed by atoms with E-state index >= 15 is 0 Å². The van der Waals surface area contributed by atoms with Gasteiger partial charge in [-0.2, -0.15) is 0 Å².